The maximum Gasteiger partial charge on any atom is 0.419 e. The molecule has 1 N–H and O–H groups in total. The molecule has 0 radical (unpaired) electrons. The van der Waals surface area contributed by atoms with Crippen molar-refractivity contribution < 1.29 is 13.9 Å². The van der Waals surface area contributed by atoms with Crippen LogP contribution < -0.4 is 5.76 Å². The third-order valence-corrected chi connectivity index (χ3v) is 4.52. The summed E-state index contributed by atoms with van der Waals surface area (Å²) in [6.45, 7) is 1.56. The second-order valence-corrected chi connectivity index (χ2v) is 6.64. The minimum Gasteiger partial charge on any atom is -0.408 e. The molecule has 0 aliphatic carbocycles. The third-order valence-electron chi connectivity index (χ3n) is 4.03. The quantitative estimate of drug-likeness (QED) is 0.652. The van der Waals surface area contributed by atoms with Gasteiger partial charge in [-0.15, -0.1) is 0 Å². The molecule has 7 heteroatoms. The van der Waals surface area contributed by atoms with Crippen molar-refractivity contribution >= 4 is 27.0 Å². The molecule has 0 spiro atoms. The van der Waals surface area contributed by atoms with Crippen LogP contribution >= 0.6 is 15.9 Å². The second-order valence-electron chi connectivity index (χ2n) is 5.72. The summed E-state index contributed by atoms with van der Waals surface area (Å²) in [5.41, 5.74) is 1.80. The third kappa shape index (κ3) is 4.18. The van der Waals surface area contributed by atoms with Crippen molar-refractivity contribution in [2.24, 2.45) is 0 Å². The number of nitrogens with zero attached hydrogens (tertiary/aromatic N) is 2. The van der Waals surface area contributed by atoms with E-state index in [4.69, 9.17) is 4.42 Å². The lowest BCUT2D eigenvalue weighted by atomic mass is 10.2. The Hall–Kier alpha value is -1.96. The molecule has 2 aromatic carbocycles. The smallest absolute Gasteiger partial charge is 0.408 e. The van der Waals surface area contributed by atoms with E-state index in [2.05, 4.69) is 15.9 Å². The number of fused-ring (bicyclic) bond motifs is 1. The first-order valence-corrected chi connectivity index (χ1v) is 8.73. The highest BCUT2D eigenvalue weighted by atomic mass is 79.9. The Morgan fingerprint density at radius 2 is 2.00 bits per heavy atom. The first-order chi connectivity index (χ1) is 12.1. The molecule has 0 aliphatic rings. The Labute approximate surface area is 152 Å². The van der Waals surface area contributed by atoms with E-state index in [0.29, 0.717) is 37.3 Å². The lowest BCUT2D eigenvalue weighted by Gasteiger charge is -2.21. The van der Waals surface area contributed by atoms with Gasteiger partial charge in [-0.05, 0) is 30.3 Å². The van der Waals surface area contributed by atoms with Crippen molar-refractivity contribution in [2.75, 3.05) is 19.7 Å². The van der Waals surface area contributed by atoms with Crippen LogP contribution in [0.4, 0.5) is 4.39 Å². The van der Waals surface area contributed by atoms with Gasteiger partial charge < -0.3 is 9.52 Å². The number of para-hydroxylation sites is 2. The Bertz CT molecular complexity index is 922. The van der Waals surface area contributed by atoms with E-state index >= 15 is 0 Å². The summed E-state index contributed by atoms with van der Waals surface area (Å²) in [5.74, 6) is -0.712. The normalized spacial score (nSPS) is 11.5. The van der Waals surface area contributed by atoms with Crippen molar-refractivity contribution in [3.05, 3.63) is 68.9 Å². The summed E-state index contributed by atoms with van der Waals surface area (Å²) >= 11 is 3.34. The number of hydrogen-bond donors (Lipinski definition) is 1. The lowest BCUT2D eigenvalue weighted by Crippen LogP contribution is -2.32. The number of aliphatic hydroxyl groups excluding tert-OH is 1. The van der Waals surface area contributed by atoms with Crippen molar-refractivity contribution in [3.63, 3.8) is 0 Å². The molecule has 0 bridgehead atoms. The van der Waals surface area contributed by atoms with Crippen LogP contribution in [-0.4, -0.2) is 34.3 Å². The van der Waals surface area contributed by atoms with Crippen LogP contribution in [0.3, 0.4) is 0 Å². The second kappa shape index (κ2) is 7.95. The first kappa shape index (κ1) is 17.8. The highest BCUT2D eigenvalue weighted by Gasteiger charge is 2.13. The van der Waals surface area contributed by atoms with E-state index in [-0.39, 0.29) is 12.4 Å². The van der Waals surface area contributed by atoms with Gasteiger partial charge in [0.1, 0.15) is 5.82 Å². The van der Waals surface area contributed by atoms with Gasteiger partial charge >= 0.3 is 5.76 Å². The molecule has 0 amide bonds. The van der Waals surface area contributed by atoms with E-state index in [0.717, 1.165) is 9.99 Å². The monoisotopic (exact) mass is 408 g/mol. The summed E-state index contributed by atoms with van der Waals surface area (Å²) < 4.78 is 21.5. The molecule has 0 unspecified atom stereocenters. The first-order valence-electron chi connectivity index (χ1n) is 7.94. The summed E-state index contributed by atoms with van der Waals surface area (Å²) in [7, 11) is 0. The summed E-state index contributed by atoms with van der Waals surface area (Å²) in [6.07, 6.45) is 0. The lowest BCUT2D eigenvalue weighted by molar-refractivity contribution is 0.183. The highest BCUT2D eigenvalue weighted by Crippen LogP contribution is 2.17. The average Bonchev–Trinajstić information content (AvgIpc) is 2.91. The number of halogens is 2. The predicted molar refractivity (Wildman–Crippen MR) is 96.9 cm³/mol. The van der Waals surface area contributed by atoms with Crippen LogP contribution in [0.25, 0.3) is 11.1 Å². The van der Waals surface area contributed by atoms with Gasteiger partial charge in [0.2, 0.25) is 0 Å². The largest absolute Gasteiger partial charge is 0.419 e. The molecule has 0 atom stereocenters. The van der Waals surface area contributed by atoms with Crippen molar-refractivity contribution in [1.82, 2.24) is 9.47 Å². The molecular weight excluding hydrogens is 391 g/mol. The molecule has 0 saturated heterocycles. The van der Waals surface area contributed by atoms with Gasteiger partial charge in [-0.25, -0.2) is 9.18 Å². The zero-order valence-corrected chi connectivity index (χ0v) is 15.1. The number of aromatic nitrogens is 1. The fraction of sp³-hybridized carbons (Fsp3) is 0.278. The van der Waals surface area contributed by atoms with Crippen molar-refractivity contribution in [2.45, 2.75) is 13.1 Å². The van der Waals surface area contributed by atoms with E-state index < -0.39 is 5.76 Å². The van der Waals surface area contributed by atoms with Crippen molar-refractivity contribution in [3.8, 4) is 0 Å². The molecule has 0 saturated carbocycles. The number of hydrogen-bond acceptors (Lipinski definition) is 4. The molecule has 3 aromatic rings. The molecule has 132 valence electrons. The molecule has 1 aromatic heterocycles. The van der Waals surface area contributed by atoms with E-state index in [1.807, 2.05) is 23.1 Å². The Balaban J connectivity index is 1.76. The molecule has 0 aliphatic heterocycles. The van der Waals surface area contributed by atoms with E-state index in [9.17, 15) is 14.3 Å². The molecule has 1 heterocycles. The SMILES string of the molecule is O=c1oc2ccccc2n1CCN(CCO)Cc1cc(Br)ccc1F. The molecule has 0 fully saturated rings. The number of benzene rings is 2. The molecule has 25 heavy (non-hydrogen) atoms. The number of oxazole rings is 1. The average molecular weight is 409 g/mol. The molecular formula is C18H18BrFN2O3. The van der Waals surface area contributed by atoms with Gasteiger partial charge in [0.05, 0.1) is 12.1 Å². The van der Waals surface area contributed by atoms with Gasteiger partial charge in [-0.3, -0.25) is 9.47 Å². The van der Waals surface area contributed by atoms with Crippen LogP contribution in [0.15, 0.2) is 56.1 Å². The number of rotatable bonds is 7. The van der Waals surface area contributed by atoms with Gasteiger partial charge in [0.15, 0.2) is 5.58 Å². The maximum atomic E-state index is 14.0. The van der Waals surface area contributed by atoms with Gasteiger partial charge in [0, 0.05) is 36.2 Å². The minimum atomic E-state index is -0.418. The Morgan fingerprint density at radius 3 is 2.80 bits per heavy atom. The highest BCUT2D eigenvalue weighted by molar-refractivity contribution is 9.10. The fourth-order valence-corrected chi connectivity index (χ4v) is 3.19. The van der Waals surface area contributed by atoms with Crippen LogP contribution in [-0.2, 0) is 13.1 Å². The van der Waals surface area contributed by atoms with Crippen LogP contribution in [0, 0.1) is 5.82 Å². The topological polar surface area (TPSA) is 58.6 Å². The van der Waals surface area contributed by atoms with Crippen LogP contribution in [0.1, 0.15) is 5.56 Å². The van der Waals surface area contributed by atoms with E-state index in [1.165, 1.54) is 6.07 Å². The van der Waals surface area contributed by atoms with Gasteiger partial charge in [-0.1, -0.05) is 28.1 Å². The predicted octanol–water partition coefficient (Wildman–Crippen LogP) is 2.99. The molecule has 5 nitrogen and oxygen atoms in total. The van der Waals surface area contributed by atoms with Crippen LogP contribution in [0.2, 0.25) is 0 Å². The zero-order chi connectivity index (χ0) is 17.8. The van der Waals surface area contributed by atoms with E-state index in [1.54, 1.807) is 22.8 Å². The Morgan fingerprint density at radius 1 is 1.20 bits per heavy atom. The number of aliphatic hydroxyl groups is 1. The Kier molecular flexibility index (Phi) is 5.67. The zero-order valence-electron chi connectivity index (χ0n) is 13.5. The van der Waals surface area contributed by atoms with Gasteiger partial charge in [0.25, 0.3) is 0 Å². The maximum absolute atomic E-state index is 14.0. The summed E-state index contributed by atoms with van der Waals surface area (Å²) in [6, 6.07) is 12.0. The van der Waals surface area contributed by atoms with Gasteiger partial charge in [-0.2, -0.15) is 0 Å². The van der Waals surface area contributed by atoms with Crippen LogP contribution in [0.5, 0.6) is 0 Å². The summed E-state index contributed by atoms with van der Waals surface area (Å²) in [4.78, 5) is 13.9. The standard InChI is InChI=1S/C18H18BrFN2O3/c19-14-5-6-15(20)13(11-14)12-21(9-10-23)7-8-22-16-3-1-2-4-17(16)25-18(22)24/h1-6,11,23H,7-10,12H2. The van der Waals surface area contributed by atoms with Crippen molar-refractivity contribution in [1.29, 1.82) is 0 Å². The minimum absolute atomic E-state index is 0.0450. The molecule has 3 rings (SSSR count). The summed E-state index contributed by atoms with van der Waals surface area (Å²) in [5, 5.41) is 9.29. The fourth-order valence-electron chi connectivity index (χ4n) is 2.78.